The molecule has 132 valence electrons. The zero-order valence-corrected chi connectivity index (χ0v) is 14.7. The van der Waals surface area contributed by atoms with Crippen LogP contribution in [0.3, 0.4) is 0 Å². The lowest BCUT2D eigenvalue weighted by Gasteiger charge is -2.28. The van der Waals surface area contributed by atoms with Gasteiger partial charge in [0, 0.05) is 11.7 Å². The average molecular weight is 334 g/mol. The summed E-state index contributed by atoms with van der Waals surface area (Å²) in [6.45, 7) is 6.46. The van der Waals surface area contributed by atoms with E-state index < -0.39 is 11.6 Å². The van der Waals surface area contributed by atoms with E-state index in [-0.39, 0.29) is 18.0 Å². The number of hydrogen-bond donors (Lipinski definition) is 2. The number of esters is 2. The van der Waals surface area contributed by atoms with Gasteiger partial charge in [-0.15, -0.1) is 0 Å². The van der Waals surface area contributed by atoms with Crippen LogP contribution in [-0.4, -0.2) is 43.3 Å². The second-order valence-corrected chi connectivity index (χ2v) is 6.93. The summed E-state index contributed by atoms with van der Waals surface area (Å²) in [5, 5.41) is 6.58. The molecule has 1 aliphatic rings. The first-order valence-electron chi connectivity index (χ1n) is 8.21. The van der Waals surface area contributed by atoms with Crippen LogP contribution in [0, 0.1) is 0 Å². The third-order valence-corrected chi connectivity index (χ3v) is 3.79. The Bertz CT molecular complexity index is 572. The molecule has 1 heterocycles. The molecule has 0 aromatic heterocycles. The lowest BCUT2D eigenvalue weighted by atomic mass is 10.1. The molecule has 1 saturated heterocycles. The van der Waals surface area contributed by atoms with Gasteiger partial charge in [0.05, 0.1) is 12.7 Å². The van der Waals surface area contributed by atoms with E-state index in [1.165, 1.54) is 7.11 Å². The highest BCUT2D eigenvalue weighted by Crippen LogP contribution is 2.19. The van der Waals surface area contributed by atoms with Crippen LogP contribution in [0.5, 0.6) is 0 Å². The van der Waals surface area contributed by atoms with Crippen LogP contribution in [-0.2, 0) is 14.3 Å². The van der Waals surface area contributed by atoms with Crippen molar-refractivity contribution >= 4 is 17.6 Å². The maximum absolute atomic E-state index is 12.6. The van der Waals surface area contributed by atoms with E-state index in [0.717, 1.165) is 25.1 Å². The molecule has 0 aliphatic carbocycles. The van der Waals surface area contributed by atoms with Gasteiger partial charge in [-0.3, -0.25) is 0 Å². The largest absolute Gasteiger partial charge is 0.465 e. The Labute approximate surface area is 142 Å². The summed E-state index contributed by atoms with van der Waals surface area (Å²) >= 11 is 0. The average Bonchev–Trinajstić information content (AvgIpc) is 3.04. The van der Waals surface area contributed by atoms with Crippen molar-refractivity contribution in [1.29, 1.82) is 0 Å². The second-order valence-electron chi connectivity index (χ2n) is 6.93. The molecule has 2 unspecified atom stereocenters. The number of anilines is 1. The number of nitrogens with one attached hydrogen (secondary N) is 2. The highest BCUT2D eigenvalue weighted by molar-refractivity contribution is 5.90. The Morgan fingerprint density at radius 1 is 1.25 bits per heavy atom. The topological polar surface area (TPSA) is 76.7 Å². The molecule has 0 radical (unpaired) electrons. The van der Waals surface area contributed by atoms with Gasteiger partial charge in [0.25, 0.3) is 0 Å². The molecule has 1 fully saturated rings. The minimum absolute atomic E-state index is 0.0279. The van der Waals surface area contributed by atoms with Crippen molar-refractivity contribution in [3.8, 4) is 0 Å². The fourth-order valence-electron chi connectivity index (χ4n) is 2.69. The lowest BCUT2D eigenvalue weighted by molar-refractivity contribution is -0.156. The third kappa shape index (κ3) is 4.96. The van der Waals surface area contributed by atoms with Crippen LogP contribution in [0.15, 0.2) is 24.3 Å². The van der Waals surface area contributed by atoms with Gasteiger partial charge in [0.1, 0.15) is 11.6 Å². The Kier molecular flexibility index (Phi) is 5.83. The van der Waals surface area contributed by atoms with E-state index in [2.05, 4.69) is 15.4 Å². The van der Waals surface area contributed by atoms with Gasteiger partial charge in [0.15, 0.2) is 0 Å². The van der Waals surface area contributed by atoms with Gasteiger partial charge < -0.3 is 20.1 Å². The van der Waals surface area contributed by atoms with E-state index in [0.29, 0.717) is 5.56 Å². The van der Waals surface area contributed by atoms with Crippen molar-refractivity contribution in [2.24, 2.45) is 0 Å². The van der Waals surface area contributed by atoms with Crippen LogP contribution >= 0.6 is 0 Å². The zero-order chi connectivity index (χ0) is 17.7. The number of rotatable bonds is 5. The van der Waals surface area contributed by atoms with E-state index >= 15 is 0 Å². The van der Waals surface area contributed by atoms with E-state index in [1.807, 2.05) is 20.8 Å². The minimum atomic E-state index is -0.537. The highest BCUT2D eigenvalue weighted by atomic mass is 16.6. The Hall–Kier alpha value is -2.08. The molecule has 6 heteroatoms. The molecule has 2 rings (SSSR count). The van der Waals surface area contributed by atoms with Gasteiger partial charge in [-0.05, 0) is 64.4 Å². The number of benzene rings is 1. The fraction of sp³-hybridized carbons (Fsp3) is 0.556. The van der Waals surface area contributed by atoms with E-state index in [1.54, 1.807) is 24.3 Å². The standard InChI is InChI=1S/C18H26N2O4/c1-18(2,3)24-17(22)15(14-6-5-11-19-14)20-13-9-7-12(8-10-13)16(21)23-4/h7-10,14-15,19-20H,5-6,11H2,1-4H3. The van der Waals surface area contributed by atoms with Crippen molar-refractivity contribution in [2.45, 2.75) is 51.3 Å². The maximum atomic E-state index is 12.6. The number of methoxy groups -OCH3 is 1. The highest BCUT2D eigenvalue weighted by Gasteiger charge is 2.33. The van der Waals surface area contributed by atoms with Crippen LogP contribution in [0.25, 0.3) is 0 Å². The van der Waals surface area contributed by atoms with Gasteiger partial charge in [-0.1, -0.05) is 0 Å². The first-order valence-corrected chi connectivity index (χ1v) is 8.21. The first-order chi connectivity index (χ1) is 11.3. The van der Waals surface area contributed by atoms with E-state index in [9.17, 15) is 9.59 Å². The van der Waals surface area contributed by atoms with Crippen LogP contribution in [0.4, 0.5) is 5.69 Å². The van der Waals surface area contributed by atoms with Crippen molar-refractivity contribution in [3.05, 3.63) is 29.8 Å². The predicted octanol–water partition coefficient (Wildman–Crippen LogP) is 2.35. The smallest absolute Gasteiger partial charge is 0.337 e. The van der Waals surface area contributed by atoms with Gasteiger partial charge in [-0.25, -0.2) is 9.59 Å². The summed E-state index contributed by atoms with van der Waals surface area (Å²) in [5.74, 6) is -0.665. The van der Waals surface area contributed by atoms with Crippen molar-refractivity contribution in [3.63, 3.8) is 0 Å². The Morgan fingerprint density at radius 3 is 2.42 bits per heavy atom. The molecule has 2 atom stereocenters. The third-order valence-electron chi connectivity index (χ3n) is 3.79. The zero-order valence-electron chi connectivity index (χ0n) is 14.7. The summed E-state index contributed by atoms with van der Waals surface area (Å²) in [6.07, 6.45) is 1.95. The molecule has 24 heavy (non-hydrogen) atoms. The molecule has 0 saturated carbocycles. The SMILES string of the molecule is COC(=O)c1ccc(NC(C(=O)OC(C)(C)C)C2CCCN2)cc1. The number of hydrogen-bond acceptors (Lipinski definition) is 6. The quantitative estimate of drug-likeness (QED) is 0.805. The molecule has 6 nitrogen and oxygen atoms in total. The van der Waals surface area contributed by atoms with Gasteiger partial charge in [0.2, 0.25) is 0 Å². The summed E-state index contributed by atoms with van der Waals surface area (Å²) in [7, 11) is 1.35. The molecule has 1 aliphatic heterocycles. The molecule has 0 amide bonds. The molecular weight excluding hydrogens is 308 g/mol. The summed E-state index contributed by atoms with van der Waals surface area (Å²) < 4.78 is 10.2. The molecule has 2 N–H and O–H groups in total. The number of carbonyl (C=O) groups excluding carboxylic acids is 2. The summed E-state index contributed by atoms with van der Waals surface area (Å²) in [6, 6.07) is 6.41. The van der Waals surface area contributed by atoms with Crippen molar-refractivity contribution < 1.29 is 19.1 Å². The molecule has 0 bridgehead atoms. The Balaban J connectivity index is 2.12. The van der Waals surface area contributed by atoms with Gasteiger partial charge >= 0.3 is 11.9 Å². The molecule has 0 spiro atoms. The van der Waals surface area contributed by atoms with Crippen LogP contribution in [0.2, 0.25) is 0 Å². The van der Waals surface area contributed by atoms with Crippen LogP contribution < -0.4 is 10.6 Å². The number of carbonyl (C=O) groups is 2. The summed E-state index contributed by atoms with van der Waals surface area (Å²) in [5.41, 5.74) is 0.688. The molecule has 1 aromatic rings. The van der Waals surface area contributed by atoms with Crippen molar-refractivity contribution in [1.82, 2.24) is 5.32 Å². The lowest BCUT2D eigenvalue weighted by Crippen LogP contribution is -2.48. The van der Waals surface area contributed by atoms with Crippen molar-refractivity contribution in [2.75, 3.05) is 19.0 Å². The minimum Gasteiger partial charge on any atom is -0.465 e. The van der Waals surface area contributed by atoms with Crippen LogP contribution in [0.1, 0.15) is 44.0 Å². The first kappa shape index (κ1) is 18.3. The summed E-state index contributed by atoms with van der Waals surface area (Å²) in [4.78, 5) is 24.1. The molecule has 1 aromatic carbocycles. The predicted molar refractivity (Wildman–Crippen MR) is 92.1 cm³/mol. The molecular formula is C18H26N2O4. The second kappa shape index (κ2) is 7.66. The fourth-order valence-corrected chi connectivity index (χ4v) is 2.69. The van der Waals surface area contributed by atoms with E-state index in [4.69, 9.17) is 4.74 Å². The number of ether oxygens (including phenoxy) is 2. The maximum Gasteiger partial charge on any atom is 0.337 e. The van der Waals surface area contributed by atoms with Gasteiger partial charge in [-0.2, -0.15) is 0 Å². The monoisotopic (exact) mass is 334 g/mol. The normalized spacial score (nSPS) is 18.8. The Morgan fingerprint density at radius 2 is 1.92 bits per heavy atom.